The van der Waals surface area contributed by atoms with Crippen LogP contribution in [0.2, 0.25) is 0 Å². The van der Waals surface area contributed by atoms with Crippen LogP contribution in [0.25, 0.3) is 0 Å². The fourth-order valence-electron chi connectivity index (χ4n) is 22.7. The summed E-state index contributed by atoms with van der Waals surface area (Å²) in [5, 5.41) is 496. The number of primary amides is 1. The lowest BCUT2D eigenvalue weighted by Crippen LogP contribution is -2.92. The molecule has 0 saturated carbocycles. The predicted octanol–water partition coefficient (Wildman–Crippen LogP) is -31.6. The summed E-state index contributed by atoms with van der Waals surface area (Å²) in [7, 11) is 0. The highest BCUT2D eigenvalue weighted by atomic mass is 16.7. The van der Waals surface area contributed by atoms with Crippen molar-refractivity contribution in [2.45, 2.75) is 384 Å². The summed E-state index contributed by atoms with van der Waals surface area (Å²) in [5.74, 6) is -10.3. The van der Waals surface area contributed by atoms with Gasteiger partial charge >= 0.3 is 5.97 Å². The first-order chi connectivity index (χ1) is 67.4. The molecule has 0 aliphatic carbocycles. The molecule has 65 heteroatoms. The first kappa shape index (κ1) is 119. The first-order valence-corrected chi connectivity index (χ1v) is 45.5. The fourth-order valence-corrected chi connectivity index (χ4v) is 22.7. The highest BCUT2D eigenvalue weighted by molar-refractivity contribution is 5.84. The Morgan fingerprint density at radius 1 is 0.290 bits per heavy atom. The minimum absolute atomic E-state index is 0.480. The fraction of sp³-hybridized carbons (Fsp3) is 0.912. The summed E-state index contributed by atoms with van der Waals surface area (Å²) in [6.45, 7) is -14.9. The molecular weight excluding hydrogens is 1990 g/mol. The molecule has 48 N–H and O–H groups in total. The standard InChI is InChI=1S/C80H133N7O58/c1-17(98)83-34-54(118)76(129,30(14-95)138-59(34)72(125)31(15-96)142-69(38(55(72)119)87-21(5)102)145-68(123)22(81)6-33(82)103)67-58(122)78(131,57(121)50(144-67)49(114)66-79(132,56(120)42(107)26(10-91)137-66)61-36(85-19(3)100)52(116)74(127,28(12-93)140-61)64-47(112)44(109)40(105)24(8-89)135-64)71-80(133,62-37(86-20(4)101)53(117)75(128,29(13-94)141-62)65-48(113)45(110)41(106)25(9-90)136-65)70(124)77(130,32(16-97)143-71)60-35(84-18(2)99)51(115)73(126,27(11-92)139-60)63-46(111)43(108)39(104)23(7-88)134-63/h22-32,34-67,69-71,88-97,104-122,124-133H,6-16,81H2,1-5H3,(H2,82,103)(H,83,98)(H,84,99)(H,85,100)(H,86,101)(H,87,102)/t22-,23+,24+,25+,26+,27+,28+,29+,30+,31+,32+,34+,35+,36?,37+,38+,39-,40-,41-,42+,43-,44-,45-,46+,47+,48+,49?,50+,51+,52+,53+,54+,55+,56-,57+,58+,59+,60+,61+,62+,63+,64+,65+,66+,67+,69-,70-,71+,72+,73+,74+,75+,76+,77-,78-,79+,80-/m0/s1. The number of ether oxygens (including phenoxy) is 12. The summed E-state index contributed by atoms with van der Waals surface area (Å²) < 4.78 is 71.0. The van der Waals surface area contributed by atoms with Crippen molar-refractivity contribution < 1.29 is 290 Å². The quantitative estimate of drug-likeness (QED) is 0.0297. The van der Waals surface area contributed by atoms with E-state index < -0.39 is 457 Å². The highest BCUT2D eigenvalue weighted by Gasteiger charge is 2.84. The molecule has 11 aliphatic rings. The van der Waals surface area contributed by atoms with Gasteiger partial charge in [0, 0.05) is 34.6 Å². The van der Waals surface area contributed by atoms with Crippen LogP contribution in [0.3, 0.4) is 0 Å². The topological polar surface area (TPSA) is 1130 Å². The number of hydrogen-bond acceptors (Lipinski definition) is 59. The van der Waals surface area contributed by atoms with Gasteiger partial charge in [-0.05, 0) is 0 Å². The van der Waals surface area contributed by atoms with Crippen LogP contribution >= 0.6 is 0 Å². The molecule has 11 saturated heterocycles. The smallest absolute Gasteiger partial charge is 0.325 e. The number of carbonyl (C=O) groups excluding carboxylic acids is 7. The van der Waals surface area contributed by atoms with E-state index >= 15 is 10.2 Å². The van der Waals surface area contributed by atoms with E-state index in [1.54, 1.807) is 0 Å². The molecular formula is C80H133N7O58. The Morgan fingerprint density at radius 2 is 0.572 bits per heavy atom. The molecule has 0 aromatic heterocycles. The molecule has 57 atom stereocenters. The molecule has 2 unspecified atom stereocenters. The normalized spacial score (nSPS) is 51.9. The molecule has 11 fully saturated rings. The maximum atomic E-state index is 15.2. The molecule has 0 aromatic rings. The Hall–Kier alpha value is -5.75. The van der Waals surface area contributed by atoms with E-state index in [1.807, 2.05) is 26.6 Å². The van der Waals surface area contributed by atoms with Crippen molar-refractivity contribution in [3.8, 4) is 0 Å². The molecule has 6 amide bonds. The van der Waals surface area contributed by atoms with Gasteiger partial charge in [0.25, 0.3) is 0 Å². The van der Waals surface area contributed by atoms with Gasteiger partial charge in [0.05, 0.1) is 96.7 Å². The lowest BCUT2D eigenvalue weighted by atomic mass is 9.57. The molecule has 11 rings (SSSR count). The average molecular weight is 2120 g/mol. The minimum Gasteiger partial charge on any atom is -0.432 e. The van der Waals surface area contributed by atoms with E-state index in [4.69, 9.17) is 68.3 Å². The van der Waals surface area contributed by atoms with E-state index in [0.29, 0.717) is 34.6 Å². The van der Waals surface area contributed by atoms with Crippen LogP contribution in [0.5, 0.6) is 0 Å². The zero-order valence-corrected chi connectivity index (χ0v) is 77.3. The molecule has 11 aliphatic heterocycles. The van der Waals surface area contributed by atoms with Crippen LogP contribution in [-0.4, -0.2) is 650 Å². The van der Waals surface area contributed by atoms with Gasteiger partial charge in [-0.2, -0.15) is 0 Å². The van der Waals surface area contributed by atoms with Crippen molar-refractivity contribution in [2.24, 2.45) is 11.5 Å². The summed E-state index contributed by atoms with van der Waals surface area (Å²) in [5.41, 5.74) is -28.1. The maximum Gasteiger partial charge on any atom is 0.325 e. The zero-order valence-electron chi connectivity index (χ0n) is 77.3. The SMILES string of the molecule is CC(=O)NC1[C@@H](O)[C@@](O)([C@@H]2O[C@H](CO)[C@H](O)[C@H](O)[C@H]2O)[C@@H](CO)O[C@H]1[C@@]1(O)[C@@H](C(O)[C@H]2O[C@@H]([C@]3(O)[C@H](O)[C@@H](NC(C)=O)[C@H]([C@]4(O)[C@H](O)[C@@H](NC(C)=O)[C@H](OC(=O)[C@@H](N)CC(N)=O)O[C@@H]4CO)O[C@@H]3CO)[C@@H](O)[C@](O)([C@H]3O[C@H](CO)[C@](O)([C@@H]4O[C@H](CO)[C@](O)([C@@H]5O[C@H](CO)[C@H](O)[C@H](O)[C@H]5O)[C@H](O)[C@H]4NC(C)=O)[C@H](O)[C@@]3(O)[C@@H]3O[C@H](CO)[C@](O)([C@@H]4O[C@H](CO)[C@H](O)[C@H](O)[C@H]4O)[C@H](O)[C@H]3NC(C)=O)[C@@H]2O)O[C@H](CO)[C@@H](O)[C@@H]1O. The summed E-state index contributed by atoms with van der Waals surface area (Å²) in [6.07, 6.45) is -132. The number of hydrogen-bond donors (Lipinski definition) is 46. The number of carbonyl (C=O) groups is 7. The monoisotopic (exact) mass is 2120 g/mol. The number of rotatable bonds is 30. The third-order valence-electron chi connectivity index (χ3n) is 30.1. The highest BCUT2D eigenvalue weighted by Crippen LogP contribution is 2.58. The lowest BCUT2D eigenvalue weighted by molar-refractivity contribution is -0.437. The van der Waals surface area contributed by atoms with Crippen molar-refractivity contribution >= 4 is 41.4 Å². The Bertz CT molecular complexity index is 4470. The second-order valence-corrected chi connectivity index (χ2v) is 38.6. The minimum atomic E-state index is -5.20. The predicted molar refractivity (Wildman–Crippen MR) is 447 cm³/mol. The molecule has 0 spiro atoms. The van der Waals surface area contributed by atoms with E-state index in [1.165, 1.54) is 0 Å². The number of amides is 6. The molecule has 836 valence electrons. The van der Waals surface area contributed by atoms with Gasteiger partial charge in [-0.25, -0.2) is 0 Å². The van der Waals surface area contributed by atoms with E-state index in [0.717, 1.165) is 0 Å². The van der Waals surface area contributed by atoms with Crippen molar-refractivity contribution in [1.29, 1.82) is 0 Å². The van der Waals surface area contributed by atoms with Crippen LogP contribution in [0.4, 0.5) is 0 Å². The van der Waals surface area contributed by atoms with Gasteiger partial charge in [0.15, 0.2) is 11.2 Å². The summed E-state index contributed by atoms with van der Waals surface area (Å²) in [4.78, 5) is 94.3. The third-order valence-corrected chi connectivity index (χ3v) is 30.1. The van der Waals surface area contributed by atoms with Crippen molar-refractivity contribution in [2.75, 3.05) is 66.1 Å². The van der Waals surface area contributed by atoms with Gasteiger partial charge in [-0.15, -0.1) is 0 Å². The largest absolute Gasteiger partial charge is 0.432 e. The van der Waals surface area contributed by atoms with Gasteiger partial charge in [-0.1, -0.05) is 0 Å². The van der Waals surface area contributed by atoms with Crippen LogP contribution < -0.4 is 38.1 Å². The summed E-state index contributed by atoms with van der Waals surface area (Å²) >= 11 is 0. The van der Waals surface area contributed by atoms with Crippen LogP contribution in [0, 0.1) is 0 Å². The average Bonchev–Trinajstić information content (AvgIpc) is 0.669. The maximum absolute atomic E-state index is 15.2. The molecule has 65 nitrogen and oxygen atoms in total. The Morgan fingerprint density at radius 3 is 0.897 bits per heavy atom. The molecule has 0 bridgehead atoms. The first-order valence-electron chi connectivity index (χ1n) is 45.5. The zero-order chi connectivity index (χ0) is 109. The lowest BCUT2D eigenvalue weighted by Gasteiger charge is -2.67. The van der Waals surface area contributed by atoms with Gasteiger partial charge in [0.1, 0.15) is 302 Å². The number of nitrogens with two attached hydrogens (primary N) is 2. The van der Waals surface area contributed by atoms with Crippen molar-refractivity contribution in [3.05, 3.63) is 0 Å². The van der Waals surface area contributed by atoms with Gasteiger partial charge < -0.3 is 294 Å². The Labute approximate surface area is 816 Å². The van der Waals surface area contributed by atoms with Crippen LogP contribution in [-0.2, 0) is 90.4 Å². The molecule has 0 aromatic carbocycles. The van der Waals surface area contributed by atoms with E-state index in [-0.39, 0.29) is 0 Å². The number of aliphatic hydroxyl groups excluding tert-OH is 30. The number of esters is 1. The molecule has 11 heterocycles. The second-order valence-electron chi connectivity index (χ2n) is 38.6. The third kappa shape index (κ3) is 19.3. The van der Waals surface area contributed by atoms with Crippen LogP contribution in [0.1, 0.15) is 41.0 Å². The van der Waals surface area contributed by atoms with Gasteiger partial charge in [0.2, 0.25) is 41.7 Å². The molecule has 145 heavy (non-hydrogen) atoms. The second kappa shape index (κ2) is 44.7. The van der Waals surface area contributed by atoms with Gasteiger partial charge in [-0.3, -0.25) is 33.6 Å². The van der Waals surface area contributed by atoms with E-state index in [2.05, 4.69) is 0 Å². The van der Waals surface area contributed by atoms with Crippen molar-refractivity contribution in [3.63, 3.8) is 0 Å². The Balaban J connectivity index is 1.22. The van der Waals surface area contributed by atoms with Crippen LogP contribution in [0.15, 0.2) is 0 Å². The summed E-state index contributed by atoms with van der Waals surface area (Å²) in [6, 6.07) is -16.9. The molecule has 0 radical (unpaired) electrons. The Kier molecular flexibility index (Phi) is 36.9. The van der Waals surface area contributed by atoms with Crippen molar-refractivity contribution in [1.82, 2.24) is 26.6 Å². The number of nitrogens with one attached hydrogen (secondary N) is 5. The number of aliphatic hydroxyl groups is 39. The van der Waals surface area contributed by atoms with E-state index in [9.17, 15) is 223 Å².